The van der Waals surface area contributed by atoms with E-state index in [1.165, 1.54) is 0 Å². The fourth-order valence-corrected chi connectivity index (χ4v) is 3.13. The number of rotatable bonds is 4. The van der Waals surface area contributed by atoms with Gasteiger partial charge in [-0.1, -0.05) is 6.07 Å². The number of hydrogen-bond acceptors (Lipinski definition) is 3. The summed E-state index contributed by atoms with van der Waals surface area (Å²) in [6.07, 6.45) is 0. The van der Waals surface area contributed by atoms with Gasteiger partial charge in [-0.15, -0.1) is 22.9 Å². The first kappa shape index (κ1) is 13.2. The molecule has 0 saturated carbocycles. The molecular formula is C15H12ClNO2S. The number of thiophene rings is 1. The summed E-state index contributed by atoms with van der Waals surface area (Å²) in [4.78, 5) is 16.5. The number of carbonyl (C=O) groups is 1. The summed E-state index contributed by atoms with van der Waals surface area (Å²) in [5.41, 5.74) is 2.37. The second-order valence-corrected chi connectivity index (χ2v) is 5.54. The summed E-state index contributed by atoms with van der Waals surface area (Å²) >= 11 is 7.35. The van der Waals surface area contributed by atoms with E-state index in [4.69, 9.17) is 16.3 Å². The number of H-pyrrole nitrogens is 1. The Kier molecular flexibility index (Phi) is 3.51. The minimum atomic E-state index is -0.0884. The highest BCUT2D eigenvalue weighted by Crippen LogP contribution is 2.35. The topological polar surface area (TPSA) is 42.1 Å². The summed E-state index contributed by atoms with van der Waals surface area (Å²) < 4.78 is 5.24. The smallest absolute Gasteiger partial charge is 0.180 e. The zero-order chi connectivity index (χ0) is 14.1. The Hall–Kier alpha value is -1.78. The lowest BCUT2D eigenvalue weighted by Crippen LogP contribution is -2.01. The van der Waals surface area contributed by atoms with Crippen LogP contribution in [0.25, 0.3) is 21.5 Å². The predicted octanol–water partition coefficient (Wildman–Crippen LogP) is 4.33. The molecule has 0 aliphatic rings. The third-order valence-electron chi connectivity index (χ3n) is 3.17. The van der Waals surface area contributed by atoms with Crippen molar-refractivity contribution in [3.8, 4) is 16.3 Å². The first-order valence-corrected chi connectivity index (χ1v) is 7.48. The van der Waals surface area contributed by atoms with E-state index in [0.717, 1.165) is 27.2 Å². The Labute approximate surface area is 125 Å². The number of hydrogen-bond donors (Lipinski definition) is 1. The van der Waals surface area contributed by atoms with Gasteiger partial charge >= 0.3 is 0 Å². The predicted molar refractivity (Wildman–Crippen MR) is 83.2 cm³/mol. The molecule has 1 N–H and O–H groups in total. The Morgan fingerprint density at radius 2 is 2.25 bits per heavy atom. The summed E-state index contributed by atoms with van der Waals surface area (Å²) in [5.74, 6) is 0.593. The van der Waals surface area contributed by atoms with E-state index in [0.29, 0.717) is 5.56 Å². The van der Waals surface area contributed by atoms with E-state index in [-0.39, 0.29) is 11.7 Å². The molecule has 0 aliphatic heterocycles. The highest BCUT2D eigenvalue weighted by molar-refractivity contribution is 7.13. The molecule has 2 aromatic heterocycles. The molecule has 3 rings (SSSR count). The number of benzene rings is 1. The number of Topliss-reactive ketones (excluding diaryl/α,β-unsaturated/α-hetero) is 1. The van der Waals surface area contributed by atoms with Gasteiger partial charge in [0.2, 0.25) is 0 Å². The van der Waals surface area contributed by atoms with Crippen molar-refractivity contribution in [1.82, 2.24) is 4.98 Å². The van der Waals surface area contributed by atoms with Gasteiger partial charge < -0.3 is 9.72 Å². The Bertz CT molecular complexity index is 762. The monoisotopic (exact) mass is 305 g/mol. The zero-order valence-corrected chi connectivity index (χ0v) is 12.3. The maximum Gasteiger partial charge on any atom is 0.180 e. The number of ether oxygens (including phenoxy) is 1. The zero-order valence-electron chi connectivity index (χ0n) is 10.8. The van der Waals surface area contributed by atoms with Crippen LogP contribution in [0, 0.1) is 0 Å². The standard InChI is InChI=1S/C15H12ClNO2S/c1-19-9-4-5-11-10(7-9)14(12(18)8-16)15(17-11)13-3-2-6-20-13/h2-7,17H,8H2,1H3. The molecule has 0 radical (unpaired) electrons. The van der Waals surface area contributed by atoms with Gasteiger partial charge in [0, 0.05) is 10.9 Å². The molecule has 0 bridgehead atoms. The molecule has 0 aliphatic carbocycles. The van der Waals surface area contributed by atoms with Crippen molar-refractivity contribution >= 4 is 39.6 Å². The van der Waals surface area contributed by atoms with Crippen LogP contribution in [-0.4, -0.2) is 23.8 Å². The summed E-state index contributed by atoms with van der Waals surface area (Å²) in [6, 6.07) is 9.59. The van der Waals surface area contributed by atoms with Crippen LogP contribution in [0.3, 0.4) is 0 Å². The summed E-state index contributed by atoms with van der Waals surface area (Å²) in [7, 11) is 1.61. The van der Waals surface area contributed by atoms with Gasteiger partial charge in [0.25, 0.3) is 0 Å². The fourth-order valence-electron chi connectivity index (χ4n) is 2.26. The SMILES string of the molecule is COc1ccc2[nH]c(-c3cccs3)c(C(=O)CCl)c2c1. The molecule has 3 aromatic rings. The molecule has 1 aromatic carbocycles. The van der Waals surface area contributed by atoms with Gasteiger partial charge in [0.15, 0.2) is 5.78 Å². The van der Waals surface area contributed by atoms with Crippen molar-refractivity contribution in [3.05, 3.63) is 41.3 Å². The van der Waals surface area contributed by atoms with Gasteiger partial charge in [-0.25, -0.2) is 0 Å². The van der Waals surface area contributed by atoms with E-state index in [1.54, 1.807) is 18.4 Å². The molecule has 0 unspecified atom stereocenters. The van der Waals surface area contributed by atoms with Crippen LogP contribution in [0.2, 0.25) is 0 Å². The van der Waals surface area contributed by atoms with Crippen molar-refractivity contribution in [2.45, 2.75) is 0 Å². The number of halogens is 1. The van der Waals surface area contributed by atoms with Crippen LogP contribution in [0.15, 0.2) is 35.7 Å². The summed E-state index contributed by atoms with van der Waals surface area (Å²) in [6.45, 7) is 0. The fraction of sp³-hybridized carbons (Fsp3) is 0.133. The molecule has 102 valence electrons. The first-order chi connectivity index (χ1) is 9.74. The molecule has 3 nitrogen and oxygen atoms in total. The number of aromatic nitrogens is 1. The van der Waals surface area contributed by atoms with Gasteiger partial charge in [-0.2, -0.15) is 0 Å². The van der Waals surface area contributed by atoms with Crippen LogP contribution in [-0.2, 0) is 0 Å². The molecule has 0 atom stereocenters. The quantitative estimate of drug-likeness (QED) is 0.576. The van der Waals surface area contributed by atoms with Gasteiger partial charge in [0.05, 0.1) is 29.1 Å². The van der Waals surface area contributed by atoms with Crippen molar-refractivity contribution < 1.29 is 9.53 Å². The maximum absolute atomic E-state index is 12.2. The van der Waals surface area contributed by atoms with Crippen molar-refractivity contribution in [3.63, 3.8) is 0 Å². The van der Waals surface area contributed by atoms with E-state index in [9.17, 15) is 4.79 Å². The highest BCUT2D eigenvalue weighted by Gasteiger charge is 2.19. The third kappa shape index (κ3) is 2.11. The van der Waals surface area contributed by atoms with E-state index in [2.05, 4.69) is 4.98 Å². The number of methoxy groups -OCH3 is 1. The average molecular weight is 306 g/mol. The van der Waals surface area contributed by atoms with E-state index < -0.39 is 0 Å². The average Bonchev–Trinajstić information content (AvgIpc) is 3.12. The molecule has 0 fully saturated rings. The normalized spacial score (nSPS) is 10.9. The van der Waals surface area contributed by atoms with Crippen LogP contribution < -0.4 is 4.74 Å². The number of ketones is 1. The molecule has 0 saturated heterocycles. The van der Waals surface area contributed by atoms with Gasteiger partial charge in [0.1, 0.15) is 5.75 Å². The van der Waals surface area contributed by atoms with Crippen LogP contribution in [0.1, 0.15) is 10.4 Å². The minimum absolute atomic E-state index is 0.0391. The lowest BCUT2D eigenvalue weighted by atomic mass is 10.1. The number of nitrogens with one attached hydrogen (secondary N) is 1. The van der Waals surface area contributed by atoms with Gasteiger partial charge in [-0.05, 0) is 29.6 Å². The number of alkyl halides is 1. The van der Waals surface area contributed by atoms with Crippen LogP contribution >= 0.6 is 22.9 Å². The molecular weight excluding hydrogens is 294 g/mol. The lowest BCUT2D eigenvalue weighted by Gasteiger charge is -2.01. The van der Waals surface area contributed by atoms with Crippen molar-refractivity contribution in [1.29, 1.82) is 0 Å². The van der Waals surface area contributed by atoms with Crippen molar-refractivity contribution in [2.75, 3.05) is 13.0 Å². The minimum Gasteiger partial charge on any atom is -0.497 e. The second-order valence-electron chi connectivity index (χ2n) is 4.32. The molecule has 0 amide bonds. The third-order valence-corrected chi connectivity index (χ3v) is 4.30. The number of aromatic amines is 1. The first-order valence-electron chi connectivity index (χ1n) is 6.07. The molecule has 5 heteroatoms. The molecule has 20 heavy (non-hydrogen) atoms. The highest BCUT2D eigenvalue weighted by atomic mass is 35.5. The number of carbonyl (C=O) groups excluding carboxylic acids is 1. The van der Waals surface area contributed by atoms with Crippen molar-refractivity contribution in [2.24, 2.45) is 0 Å². The van der Waals surface area contributed by atoms with E-state index in [1.807, 2.05) is 35.7 Å². The second kappa shape index (κ2) is 5.31. The molecule has 2 heterocycles. The summed E-state index contributed by atoms with van der Waals surface area (Å²) in [5, 5.41) is 2.83. The lowest BCUT2D eigenvalue weighted by molar-refractivity contribution is 0.102. The van der Waals surface area contributed by atoms with Gasteiger partial charge in [-0.3, -0.25) is 4.79 Å². The maximum atomic E-state index is 12.2. The Morgan fingerprint density at radius 3 is 2.90 bits per heavy atom. The number of fused-ring (bicyclic) bond motifs is 1. The van der Waals surface area contributed by atoms with Crippen LogP contribution in [0.5, 0.6) is 5.75 Å². The Morgan fingerprint density at radius 1 is 1.40 bits per heavy atom. The van der Waals surface area contributed by atoms with Crippen LogP contribution in [0.4, 0.5) is 0 Å². The molecule has 0 spiro atoms. The largest absolute Gasteiger partial charge is 0.497 e. The van der Waals surface area contributed by atoms with E-state index >= 15 is 0 Å². The Balaban J connectivity index is 2.31.